The van der Waals surface area contributed by atoms with E-state index >= 15 is 0 Å². The van der Waals surface area contributed by atoms with Crippen LogP contribution in [0.1, 0.15) is 17.7 Å². The smallest absolute Gasteiger partial charge is 0.416 e. The Morgan fingerprint density at radius 1 is 1.27 bits per heavy atom. The van der Waals surface area contributed by atoms with Crippen LogP contribution in [0.25, 0.3) is 11.4 Å². The molecule has 2 aromatic rings. The maximum absolute atomic E-state index is 12.6. The molecule has 1 aromatic heterocycles. The molecule has 4 nitrogen and oxygen atoms in total. The van der Waals surface area contributed by atoms with Crippen molar-refractivity contribution in [2.75, 3.05) is 0 Å². The summed E-state index contributed by atoms with van der Waals surface area (Å²) in [7, 11) is 0. The Balaban J connectivity index is 1.94. The molecule has 1 unspecified atom stereocenters. The van der Waals surface area contributed by atoms with E-state index in [2.05, 4.69) is 4.98 Å². The average molecular weight is 310 g/mol. The summed E-state index contributed by atoms with van der Waals surface area (Å²) < 4.78 is 39.6. The number of fused-ring (bicyclic) bond motifs is 1. The number of benzene rings is 1. The highest BCUT2D eigenvalue weighted by Gasteiger charge is 2.30. The third-order valence-corrected chi connectivity index (χ3v) is 3.91. The number of carboxylic acid groups (broad SMARTS) is 1. The topological polar surface area (TPSA) is 55.1 Å². The van der Waals surface area contributed by atoms with Gasteiger partial charge in [0.05, 0.1) is 11.5 Å². The van der Waals surface area contributed by atoms with Crippen LogP contribution in [0.15, 0.2) is 30.5 Å². The van der Waals surface area contributed by atoms with Crippen LogP contribution in [0.2, 0.25) is 0 Å². The molecule has 1 atom stereocenters. The van der Waals surface area contributed by atoms with Crippen molar-refractivity contribution in [1.82, 2.24) is 9.55 Å². The molecule has 1 aromatic carbocycles. The number of hydrogen-bond donors (Lipinski definition) is 1. The van der Waals surface area contributed by atoms with E-state index in [0.717, 1.165) is 17.8 Å². The zero-order chi connectivity index (χ0) is 15.9. The molecule has 0 aliphatic carbocycles. The van der Waals surface area contributed by atoms with Crippen LogP contribution < -0.4 is 0 Å². The maximum atomic E-state index is 12.6. The number of aromatic nitrogens is 2. The van der Waals surface area contributed by atoms with Gasteiger partial charge in [-0.15, -0.1) is 0 Å². The summed E-state index contributed by atoms with van der Waals surface area (Å²) in [5.74, 6) is -0.845. The number of imidazole rings is 1. The number of carbonyl (C=O) groups is 1. The van der Waals surface area contributed by atoms with Gasteiger partial charge in [-0.25, -0.2) is 4.98 Å². The maximum Gasteiger partial charge on any atom is 0.416 e. The number of nitrogens with zero attached hydrogens (tertiary/aromatic N) is 2. The summed E-state index contributed by atoms with van der Waals surface area (Å²) in [4.78, 5) is 15.4. The third-order valence-electron chi connectivity index (χ3n) is 3.91. The second-order valence-corrected chi connectivity index (χ2v) is 5.33. The summed E-state index contributed by atoms with van der Waals surface area (Å²) in [6, 6.07) is 4.74. The van der Waals surface area contributed by atoms with E-state index in [1.807, 2.05) is 0 Å². The molecule has 0 bridgehead atoms. The van der Waals surface area contributed by atoms with E-state index in [9.17, 15) is 18.0 Å². The Morgan fingerprint density at radius 3 is 2.55 bits per heavy atom. The molecule has 2 heterocycles. The fourth-order valence-corrected chi connectivity index (χ4v) is 2.69. The monoisotopic (exact) mass is 310 g/mol. The first kappa shape index (κ1) is 14.6. The quantitative estimate of drug-likeness (QED) is 0.926. The molecule has 1 aliphatic heterocycles. The Hall–Kier alpha value is -2.31. The van der Waals surface area contributed by atoms with Crippen molar-refractivity contribution in [3.63, 3.8) is 0 Å². The molecule has 0 fully saturated rings. The summed E-state index contributed by atoms with van der Waals surface area (Å²) in [6.07, 6.45) is -1.57. The fraction of sp³-hybridized carbons (Fsp3) is 0.333. The van der Waals surface area contributed by atoms with Crippen LogP contribution in [-0.4, -0.2) is 20.6 Å². The largest absolute Gasteiger partial charge is 0.481 e. The Bertz CT molecular complexity index is 705. The second-order valence-electron chi connectivity index (χ2n) is 5.33. The third kappa shape index (κ3) is 2.58. The van der Waals surface area contributed by atoms with Gasteiger partial charge in [0.25, 0.3) is 0 Å². The predicted molar refractivity (Wildman–Crippen MR) is 72.1 cm³/mol. The SMILES string of the molecule is O=C(O)C1CCc2cnc(-c3ccc(C(F)(F)F)cc3)n2C1. The molecule has 0 radical (unpaired) electrons. The highest BCUT2D eigenvalue weighted by atomic mass is 19.4. The highest BCUT2D eigenvalue weighted by molar-refractivity contribution is 5.70. The van der Waals surface area contributed by atoms with Crippen molar-refractivity contribution in [3.05, 3.63) is 41.7 Å². The summed E-state index contributed by atoms with van der Waals surface area (Å²) in [5, 5.41) is 9.13. The van der Waals surface area contributed by atoms with E-state index in [1.165, 1.54) is 12.1 Å². The van der Waals surface area contributed by atoms with Crippen molar-refractivity contribution < 1.29 is 23.1 Å². The van der Waals surface area contributed by atoms with Gasteiger partial charge >= 0.3 is 12.1 Å². The molecule has 7 heteroatoms. The van der Waals surface area contributed by atoms with Gasteiger partial charge in [0.2, 0.25) is 0 Å². The summed E-state index contributed by atoms with van der Waals surface area (Å²) in [5.41, 5.74) is 0.739. The molecule has 0 amide bonds. The Morgan fingerprint density at radius 2 is 1.95 bits per heavy atom. The molecular formula is C15H13F3N2O2. The minimum Gasteiger partial charge on any atom is -0.481 e. The van der Waals surface area contributed by atoms with Crippen LogP contribution in [0, 0.1) is 5.92 Å². The molecule has 1 aliphatic rings. The van der Waals surface area contributed by atoms with Crippen molar-refractivity contribution in [3.8, 4) is 11.4 Å². The molecule has 116 valence electrons. The standard InChI is InChI=1S/C15H13F3N2O2/c16-15(17,18)11-4-1-9(2-5-11)13-19-7-12-6-3-10(14(21)22)8-20(12)13/h1-2,4-5,7,10H,3,6,8H2,(H,21,22). The summed E-state index contributed by atoms with van der Waals surface area (Å²) in [6.45, 7) is 0.293. The first-order chi connectivity index (χ1) is 10.4. The molecule has 0 saturated heterocycles. The minimum atomic E-state index is -4.38. The lowest BCUT2D eigenvalue weighted by Crippen LogP contribution is -2.26. The minimum absolute atomic E-state index is 0.293. The molecular weight excluding hydrogens is 297 g/mol. The molecule has 3 rings (SSSR count). The number of hydrogen-bond acceptors (Lipinski definition) is 2. The highest BCUT2D eigenvalue weighted by Crippen LogP contribution is 2.32. The van der Waals surface area contributed by atoms with E-state index in [1.54, 1.807) is 10.8 Å². The van der Waals surface area contributed by atoms with E-state index in [4.69, 9.17) is 5.11 Å². The summed E-state index contributed by atoms with van der Waals surface area (Å²) >= 11 is 0. The van der Waals surface area contributed by atoms with Crippen molar-refractivity contribution in [2.24, 2.45) is 5.92 Å². The number of aryl methyl sites for hydroxylation is 1. The van der Waals surface area contributed by atoms with Gasteiger partial charge in [0.15, 0.2) is 0 Å². The fourth-order valence-electron chi connectivity index (χ4n) is 2.69. The van der Waals surface area contributed by atoms with Gasteiger partial charge in [-0.05, 0) is 25.0 Å². The Kier molecular flexibility index (Phi) is 3.42. The second kappa shape index (κ2) is 5.15. The van der Waals surface area contributed by atoms with Crippen molar-refractivity contribution in [2.45, 2.75) is 25.6 Å². The van der Waals surface area contributed by atoms with Crippen molar-refractivity contribution in [1.29, 1.82) is 0 Å². The number of halogens is 3. The van der Waals surface area contributed by atoms with E-state index in [-0.39, 0.29) is 0 Å². The lowest BCUT2D eigenvalue weighted by Gasteiger charge is -2.22. The zero-order valence-electron chi connectivity index (χ0n) is 11.5. The van der Waals surface area contributed by atoms with Gasteiger partial charge in [0, 0.05) is 24.0 Å². The average Bonchev–Trinajstić information content (AvgIpc) is 2.89. The number of alkyl halides is 3. The molecule has 22 heavy (non-hydrogen) atoms. The first-order valence-corrected chi connectivity index (χ1v) is 6.81. The predicted octanol–water partition coefficient (Wildman–Crippen LogP) is 3.22. The molecule has 0 saturated carbocycles. The number of rotatable bonds is 2. The van der Waals surface area contributed by atoms with Gasteiger partial charge in [-0.2, -0.15) is 13.2 Å². The van der Waals surface area contributed by atoms with Crippen LogP contribution in [-0.2, 0) is 23.9 Å². The lowest BCUT2D eigenvalue weighted by molar-refractivity contribution is -0.142. The van der Waals surface area contributed by atoms with Crippen LogP contribution in [0.4, 0.5) is 13.2 Å². The first-order valence-electron chi connectivity index (χ1n) is 6.81. The normalized spacial score (nSPS) is 18.0. The lowest BCUT2D eigenvalue weighted by atomic mass is 9.98. The van der Waals surface area contributed by atoms with Crippen LogP contribution in [0.3, 0.4) is 0 Å². The van der Waals surface area contributed by atoms with Gasteiger partial charge < -0.3 is 9.67 Å². The van der Waals surface area contributed by atoms with E-state index < -0.39 is 23.6 Å². The van der Waals surface area contributed by atoms with Gasteiger partial charge in [0.1, 0.15) is 5.82 Å². The van der Waals surface area contributed by atoms with Gasteiger partial charge in [-0.1, -0.05) is 12.1 Å². The van der Waals surface area contributed by atoms with Crippen LogP contribution >= 0.6 is 0 Å². The molecule has 0 spiro atoms. The Labute approximate surface area is 124 Å². The zero-order valence-corrected chi connectivity index (χ0v) is 11.5. The van der Waals surface area contributed by atoms with Gasteiger partial charge in [-0.3, -0.25) is 4.79 Å². The number of aliphatic carboxylic acids is 1. The van der Waals surface area contributed by atoms with Crippen molar-refractivity contribution >= 4 is 5.97 Å². The number of carboxylic acids is 1. The molecule has 1 N–H and O–H groups in total. The van der Waals surface area contributed by atoms with E-state index in [0.29, 0.717) is 30.8 Å². The van der Waals surface area contributed by atoms with Crippen LogP contribution in [0.5, 0.6) is 0 Å².